The summed E-state index contributed by atoms with van der Waals surface area (Å²) in [4.78, 5) is 26.4. The Bertz CT molecular complexity index is 419. The van der Waals surface area contributed by atoms with Crippen molar-refractivity contribution in [2.24, 2.45) is 5.18 Å². The van der Waals surface area contributed by atoms with Crippen LogP contribution in [0.1, 0.15) is 36.1 Å². The lowest BCUT2D eigenvalue weighted by molar-refractivity contribution is -0.142. The smallest absolute Gasteiger partial charge is 0.313 e. The molecule has 0 fully saturated rings. The summed E-state index contributed by atoms with van der Waals surface area (Å²) < 4.78 is 4.74. The van der Waals surface area contributed by atoms with Gasteiger partial charge in [-0.25, -0.2) is 0 Å². The molecule has 0 aliphatic heterocycles. The van der Waals surface area contributed by atoms with Gasteiger partial charge in [-0.15, -0.1) is 0 Å². The van der Waals surface area contributed by atoms with E-state index < -0.39 is 6.04 Å². The van der Waals surface area contributed by atoms with Crippen LogP contribution < -0.4 is 0 Å². The molecule has 0 amide bonds. The number of rotatable bonds is 2. The summed E-state index contributed by atoms with van der Waals surface area (Å²) in [6, 6.07) is 3.13. The van der Waals surface area contributed by atoms with Crippen LogP contribution in [0.25, 0.3) is 0 Å². The van der Waals surface area contributed by atoms with Crippen molar-refractivity contribution in [3.8, 4) is 0 Å². The Morgan fingerprint density at radius 3 is 3.06 bits per heavy atom. The van der Waals surface area contributed by atoms with Crippen molar-refractivity contribution >= 4 is 5.97 Å². The van der Waals surface area contributed by atoms with E-state index in [9.17, 15) is 9.70 Å². The van der Waals surface area contributed by atoms with Crippen molar-refractivity contribution in [2.45, 2.75) is 24.8 Å². The molecule has 1 aromatic heterocycles. The number of hydrogen-bond acceptors (Lipinski definition) is 5. The summed E-state index contributed by atoms with van der Waals surface area (Å²) >= 11 is 0. The van der Waals surface area contributed by atoms with Gasteiger partial charge in [0.05, 0.1) is 18.7 Å². The van der Waals surface area contributed by atoms with Crippen molar-refractivity contribution in [3.63, 3.8) is 0 Å². The lowest BCUT2D eigenvalue weighted by atomic mass is 9.83. The molecule has 0 spiro atoms. The minimum Gasteiger partial charge on any atom is -0.469 e. The van der Waals surface area contributed by atoms with Gasteiger partial charge in [0.2, 0.25) is 0 Å². The van der Waals surface area contributed by atoms with E-state index in [0.29, 0.717) is 18.5 Å². The number of fused-ring (bicyclic) bond motifs is 1. The number of hydrogen-bond donors (Lipinski definition) is 0. The number of carbonyl (C=O) groups is 1. The highest BCUT2D eigenvalue weighted by Crippen LogP contribution is 2.38. The Morgan fingerprint density at radius 2 is 2.38 bits per heavy atom. The third kappa shape index (κ3) is 1.68. The van der Waals surface area contributed by atoms with Crippen LogP contribution in [-0.2, 0) is 9.53 Å². The minimum atomic E-state index is -0.433. The van der Waals surface area contributed by atoms with Gasteiger partial charge in [-0.2, -0.15) is 4.91 Å². The van der Waals surface area contributed by atoms with E-state index in [1.54, 1.807) is 18.3 Å². The molecule has 2 rings (SSSR count). The topological polar surface area (TPSA) is 68.6 Å². The second kappa shape index (κ2) is 4.38. The van der Waals surface area contributed by atoms with E-state index in [1.807, 2.05) is 0 Å². The molecule has 0 N–H and O–H groups in total. The quantitative estimate of drug-likeness (QED) is 0.564. The fraction of sp³-hybridized carbons (Fsp3) is 0.455. The highest BCUT2D eigenvalue weighted by atomic mass is 16.5. The SMILES string of the molecule is COC(=O)C1CCC(N=O)c2ncccc21. The molecule has 0 saturated carbocycles. The molecule has 1 aromatic rings. The van der Waals surface area contributed by atoms with Gasteiger partial charge < -0.3 is 4.74 Å². The number of ether oxygens (including phenoxy) is 1. The number of aromatic nitrogens is 1. The average molecular weight is 220 g/mol. The van der Waals surface area contributed by atoms with Crippen molar-refractivity contribution in [3.05, 3.63) is 34.5 Å². The van der Waals surface area contributed by atoms with Gasteiger partial charge in [-0.1, -0.05) is 11.2 Å². The second-order valence-corrected chi connectivity index (χ2v) is 3.75. The highest BCUT2D eigenvalue weighted by Gasteiger charge is 2.33. The maximum Gasteiger partial charge on any atom is 0.313 e. The van der Waals surface area contributed by atoms with Crippen LogP contribution in [0.3, 0.4) is 0 Å². The zero-order valence-corrected chi connectivity index (χ0v) is 8.92. The van der Waals surface area contributed by atoms with E-state index in [4.69, 9.17) is 4.74 Å². The summed E-state index contributed by atoms with van der Waals surface area (Å²) in [5.41, 5.74) is 1.38. The third-order valence-electron chi connectivity index (χ3n) is 2.90. The van der Waals surface area contributed by atoms with E-state index in [0.717, 1.165) is 5.56 Å². The van der Waals surface area contributed by atoms with Crippen LogP contribution in [0.4, 0.5) is 0 Å². The molecule has 1 aliphatic carbocycles. The van der Waals surface area contributed by atoms with Gasteiger partial charge in [-0.05, 0) is 24.5 Å². The summed E-state index contributed by atoms with van der Waals surface area (Å²) in [5, 5.41) is 3.04. The highest BCUT2D eigenvalue weighted by molar-refractivity contribution is 5.78. The molecular weight excluding hydrogens is 208 g/mol. The van der Waals surface area contributed by atoms with Gasteiger partial charge in [0.1, 0.15) is 6.04 Å². The molecule has 5 heteroatoms. The van der Waals surface area contributed by atoms with Crippen LogP contribution in [0, 0.1) is 4.91 Å². The van der Waals surface area contributed by atoms with E-state index in [-0.39, 0.29) is 11.9 Å². The maximum absolute atomic E-state index is 11.6. The lowest BCUT2D eigenvalue weighted by Crippen LogP contribution is -2.22. The Balaban J connectivity index is 2.42. The second-order valence-electron chi connectivity index (χ2n) is 3.75. The van der Waals surface area contributed by atoms with Gasteiger partial charge in [0, 0.05) is 6.20 Å². The normalized spacial score (nSPS) is 23.3. The van der Waals surface area contributed by atoms with Crippen LogP contribution in [0.5, 0.6) is 0 Å². The third-order valence-corrected chi connectivity index (χ3v) is 2.90. The number of nitrogens with zero attached hydrogens (tertiary/aromatic N) is 2. The summed E-state index contributed by atoms with van der Waals surface area (Å²) in [5.74, 6) is -0.592. The van der Waals surface area contributed by atoms with E-state index in [2.05, 4.69) is 10.2 Å². The first-order chi connectivity index (χ1) is 7.77. The molecule has 0 saturated heterocycles. The lowest BCUT2D eigenvalue weighted by Gasteiger charge is -2.25. The first kappa shape index (κ1) is 10.7. The molecule has 16 heavy (non-hydrogen) atoms. The fourth-order valence-corrected chi connectivity index (χ4v) is 2.11. The zero-order valence-electron chi connectivity index (χ0n) is 8.92. The van der Waals surface area contributed by atoms with Crippen LogP contribution in [0.15, 0.2) is 23.5 Å². The number of nitroso groups, excluding NO2 is 1. The van der Waals surface area contributed by atoms with Crippen molar-refractivity contribution in [2.75, 3.05) is 7.11 Å². The molecule has 84 valence electrons. The average Bonchev–Trinajstić information content (AvgIpc) is 2.36. The zero-order chi connectivity index (χ0) is 11.5. The summed E-state index contributed by atoms with van der Waals surface area (Å²) in [6.45, 7) is 0. The molecule has 2 atom stereocenters. The van der Waals surface area contributed by atoms with Crippen LogP contribution >= 0.6 is 0 Å². The Morgan fingerprint density at radius 1 is 1.56 bits per heavy atom. The first-order valence-corrected chi connectivity index (χ1v) is 5.13. The molecule has 1 aliphatic rings. The number of pyridine rings is 1. The standard InChI is InChI=1S/C11H12N2O3/c1-16-11(14)8-4-5-9(13-15)10-7(8)3-2-6-12-10/h2-3,6,8-9H,4-5H2,1H3. The number of methoxy groups -OCH3 is 1. The predicted octanol–water partition coefficient (Wildman–Crippen LogP) is 1.94. The molecule has 0 bridgehead atoms. The molecule has 0 radical (unpaired) electrons. The first-order valence-electron chi connectivity index (χ1n) is 5.13. The van der Waals surface area contributed by atoms with Gasteiger partial charge in [0.25, 0.3) is 0 Å². The van der Waals surface area contributed by atoms with E-state index >= 15 is 0 Å². The van der Waals surface area contributed by atoms with E-state index in [1.165, 1.54) is 7.11 Å². The van der Waals surface area contributed by atoms with Crippen molar-refractivity contribution < 1.29 is 9.53 Å². The molecule has 1 heterocycles. The molecular formula is C11H12N2O3. The van der Waals surface area contributed by atoms with Gasteiger partial charge >= 0.3 is 5.97 Å². The number of carbonyl (C=O) groups excluding carboxylic acids is 1. The van der Waals surface area contributed by atoms with Gasteiger partial charge in [0.15, 0.2) is 0 Å². The van der Waals surface area contributed by atoms with Crippen LogP contribution in [0.2, 0.25) is 0 Å². The Labute approximate surface area is 92.8 Å². The van der Waals surface area contributed by atoms with Crippen molar-refractivity contribution in [1.82, 2.24) is 4.98 Å². The Kier molecular flexibility index (Phi) is 2.94. The maximum atomic E-state index is 11.6. The monoisotopic (exact) mass is 220 g/mol. The fourth-order valence-electron chi connectivity index (χ4n) is 2.11. The summed E-state index contributed by atoms with van der Waals surface area (Å²) in [7, 11) is 1.36. The van der Waals surface area contributed by atoms with Crippen LogP contribution in [-0.4, -0.2) is 18.1 Å². The minimum absolute atomic E-state index is 0.279. The largest absolute Gasteiger partial charge is 0.469 e. The molecule has 2 unspecified atom stereocenters. The predicted molar refractivity (Wildman–Crippen MR) is 56.8 cm³/mol. The number of esters is 1. The summed E-state index contributed by atoms with van der Waals surface area (Å²) in [6.07, 6.45) is 2.74. The Hall–Kier alpha value is -1.78. The van der Waals surface area contributed by atoms with Gasteiger partial charge in [-0.3, -0.25) is 9.78 Å². The molecule has 5 nitrogen and oxygen atoms in total. The molecule has 0 aromatic carbocycles. The van der Waals surface area contributed by atoms with Crippen molar-refractivity contribution in [1.29, 1.82) is 0 Å².